The van der Waals surface area contributed by atoms with E-state index in [9.17, 15) is 5.11 Å². The first-order valence-corrected chi connectivity index (χ1v) is 8.33. The highest BCUT2D eigenvalue weighted by Gasteiger charge is 2.54. The zero-order chi connectivity index (χ0) is 14.8. The van der Waals surface area contributed by atoms with E-state index >= 15 is 0 Å². The van der Waals surface area contributed by atoms with Gasteiger partial charge in [0.25, 0.3) is 0 Å². The summed E-state index contributed by atoms with van der Waals surface area (Å²) in [6.45, 7) is 5.16. The lowest BCUT2D eigenvalue weighted by atomic mass is 10.0. The van der Waals surface area contributed by atoms with Crippen LogP contribution in [0, 0.1) is 17.8 Å². The third-order valence-electron chi connectivity index (χ3n) is 5.00. The molecule has 3 heteroatoms. The van der Waals surface area contributed by atoms with Gasteiger partial charge in [0.2, 0.25) is 0 Å². The Kier molecular flexibility index (Phi) is 4.39. The van der Waals surface area contributed by atoms with E-state index in [1.54, 1.807) is 0 Å². The van der Waals surface area contributed by atoms with Crippen LogP contribution in [0.2, 0.25) is 0 Å². The van der Waals surface area contributed by atoms with Crippen molar-refractivity contribution in [2.75, 3.05) is 13.2 Å². The molecule has 2 aliphatic carbocycles. The summed E-state index contributed by atoms with van der Waals surface area (Å²) in [4.78, 5) is 0. The van der Waals surface area contributed by atoms with Crippen molar-refractivity contribution in [3.8, 4) is 11.5 Å². The number of hydrogen-bond donors (Lipinski definition) is 1. The predicted molar refractivity (Wildman–Crippen MR) is 82.7 cm³/mol. The lowest BCUT2D eigenvalue weighted by Crippen LogP contribution is -2.05. The molecule has 3 rings (SSSR count). The van der Waals surface area contributed by atoms with Crippen molar-refractivity contribution in [3.05, 3.63) is 23.8 Å². The molecule has 1 aromatic rings. The smallest absolute Gasteiger partial charge is 0.161 e. The summed E-state index contributed by atoms with van der Waals surface area (Å²) in [6, 6.07) is 5.88. The molecule has 2 saturated carbocycles. The molecule has 0 aromatic heterocycles. The molecule has 0 saturated heterocycles. The molecule has 0 spiro atoms. The van der Waals surface area contributed by atoms with Crippen molar-refractivity contribution < 1.29 is 14.6 Å². The van der Waals surface area contributed by atoms with Crippen LogP contribution in [0.3, 0.4) is 0 Å². The lowest BCUT2D eigenvalue weighted by Gasteiger charge is -2.16. The van der Waals surface area contributed by atoms with Crippen LogP contribution in [-0.4, -0.2) is 18.3 Å². The van der Waals surface area contributed by atoms with Crippen LogP contribution in [-0.2, 0) is 0 Å². The van der Waals surface area contributed by atoms with Crippen LogP contribution in [0.1, 0.15) is 51.2 Å². The summed E-state index contributed by atoms with van der Waals surface area (Å²) in [5.74, 6) is 3.47. The largest absolute Gasteiger partial charge is 0.490 e. The normalized spacial score (nSPS) is 28.6. The van der Waals surface area contributed by atoms with E-state index in [1.165, 1.54) is 25.7 Å². The molecule has 2 aliphatic rings. The topological polar surface area (TPSA) is 38.7 Å². The molecule has 3 nitrogen and oxygen atoms in total. The number of hydrogen-bond acceptors (Lipinski definition) is 3. The highest BCUT2D eigenvalue weighted by molar-refractivity contribution is 5.44. The van der Waals surface area contributed by atoms with Crippen molar-refractivity contribution in [2.45, 2.75) is 45.6 Å². The Morgan fingerprint density at radius 1 is 1.05 bits per heavy atom. The Morgan fingerprint density at radius 2 is 1.67 bits per heavy atom. The summed E-state index contributed by atoms with van der Waals surface area (Å²) in [7, 11) is 0. The van der Waals surface area contributed by atoms with Gasteiger partial charge in [-0.2, -0.15) is 0 Å². The van der Waals surface area contributed by atoms with Gasteiger partial charge in [-0.1, -0.05) is 18.9 Å². The Balaban J connectivity index is 1.76. The van der Waals surface area contributed by atoms with Gasteiger partial charge < -0.3 is 14.6 Å². The number of aliphatic hydroxyl groups excluding tert-OH is 1. The van der Waals surface area contributed by atoms with Gasteiger partial charge >= 0.3 is 0 Å². The van der Waals surface area contributed by atoms with Gasteiger partial charge in [-0.25, -0.2) is 0 Å². The van der Waals surface area contributed by atoms with Crippen molar-refractivity contribution >= 4 is 0 Å². The maximum atomic E-state index is 10.7. The van der Waals surface area contributed by atoms with Crippen LogP contribution >= 0.6 is 0 Å². The molecular weight excluding hydrogens is 264 g/mol. The molecule has 0 bridgehead atoms. The molecule has 0 amide bonds. The number of aliphatic hydroxyl groups is 1. The van der Waals surface area contributed by atoms with Crippen LogP contribution in [0.4, 0.5) is 0 Å². The van der Waals surface area contributed by atoms with E-state index in [-0.39, 0.29) is 6.10 Å². The minimum atomic E-state index is -0.354. The SMILES string of the molecule is CCOc1ccc(C(O)C2C3CCCCC32)cc1OCC. The molecule has 0 aliphatic heterocycles. The second-order valence-electron chi connectivity index (χ2n) is 6.21. The first kappa shape index (κ1) is 14.7. The van der Waals surface area contributed by atoms with Crippen LogP contribution in [0.25, 0.3) is 0 Å². The standard InChI is InChI=1S/C18H26O3/c1-3-20-15-10-9-12(11-16(15)21-4-2)18(19)17-13-7-5-6-8-14(13)17/h9-11,13-14,17-19H,3-8H2,1-2H3. The molecule has 2 fully saturated rings. The van der Waals surface area contributed by atoms with Gasteiger partial charge in [0.1, 0.15) is 0 Å². The van der Waals surface area contributed by atoms with Crippen molar-refractivity contribution in [2.24, 2.45) is 17.8 Å². The lowest BCUT2D eigenvalue weighted by molar-refractivity contribution is 0.141. The number of rotatable bonds is 6. The van der Waals surface area contributed by atoms with Gasteiger partial charge in [0, 0.05) is 0 Å². The summed E-state index contributed by atoms with van der Waals surface area (Å²) >= 11 is 0. The van der Waals surface area contributed by atoms with E-state index < -0.39 is 0 Å². The average molecular weight is 290 g/mol. The first-order valence-electron chi connectivity index (χ1n) is 8.33. The van der Waals surface area contributed by atoms with E-state index in [2.05, 4.69) is 0 Å². The first-order chi connectivity index (χ1) is 10.3. The minimum absolute atomic E-state index is 0.354. The Hall–Kier alpha value is -1.22. The van der Waals surface area contributed by atoms with Crippen molar-refractivity contribution in [3.63, 3.8) is 0 Å². The summed E-state index contributed by atoms with van der Waals surface area (Å²) < 4.78 is 11.3. The summed E-state index contributed by atoms with van der Waals surface area (Å²) in [5, 5.41) is 10.7. The molecule has 0 heterocycles. The fourth-order valence-electron chi connectivity index (χ4n) is 3.99. The molecule has 3 unspecified atom stereocenters. The van der Waals surface area contributed by atoms with Crippen molar-refractivity contribution in [1.29, 1.82) is 0 Å². The quantitative estimate of drug-likeness (QED) is 0.862. The van der Waals surface area contributed by atoms with Crippen LogP contribution in [0.5, 0.6) is 11.5 Å². The molecule has 116 valence electrons. The zero-order valence-electron chi connectivity index (χ0n) is 13.0. The average Bonchev–Trinajstić information content (AvgIpc) is 3.23. The highest BCUT2D eigenvalue weighted by Crippen LogP contribution is 2.60. The Bertz CT molecular complexity index is 473. The minimum Gasteiger partial charge on any atom is -0.490 e. The Morgan fingerprint density at radius 3 is 2.29 bits per heavy atom. The van der Waals surface area contributed by atoms with E-state index in [0.717, 1.165) is 28.9 Å². The van der Waals surface area contributed by atoms with Gasteiger partial charge in [-0.3, -0.25) is 0 Å². The summed E-state index contributed by atoms with van der Waals surface area (Å²) in [5.41, 5.74) is 0.973. The maximum Gasteiger partial charge on any atom is 0.161 e. The molecule has 1 aromatic carbocycles. The third-order valence-corrected chi connectivity index (χ3v) is 5.00. The maximum absolute atomic E-state index is 10.7. The third kappa shape index (κ3) is 2.89. The zero-order valence-corrected chi connectivity index (χ0v) is 13.0. The second-order valence-corrected chi connectivity index (χ2v) is 6.21. The predicted octanol–water partition coefficient (Wildman–Crippen LogP) is 3.95. The number of benzene rings is 1. The fourth-order valence-corrected chi connectivity index (χ4v) is 3.99. The molecule has 1 N–H and O–H groups in total. The molecule has 3 atom stereocenters. The van der Waals surface area contributed by atoms with Gasteiger partial charge in [-0.15, -0.1) is 0 Å². The molecule has 21 heavy (non-hydrogen) atoms. The van der Waals surface area contributed by atoms with Gasteiger partial charge in [0.05, 0.1) is 19.3 Å². The summed E-state index contributed by atoms with van der Waals surface area (Å²) in [6.07, 6.45) is 4.90. The van der Waals surface area contributed by atoms with E-state index in [0.29, 0.717) is 19.1 Å². The van der Waals surface area contributed by atoms with Gasteiger partial charge in [0.15, 0.2) is 11.5 Å². The van der Waals surface area contributed by atoms with Crippen LogP contribution < -0.4 is 9.47 Å². The highest BCUT2D eigenvalue weighted by atomic mass is 16.5. The number of ether oxygens (including phenoxy) is 2. The van der Waals surface area contributed by atoms with Crippen LogP contribution in [0.15, 0.2) is 18.2 Å². The van der Waals surface area contributed by atoms with Gasteiger partial charge in [-0.05, 0) is 62.1 Å². The molecule has 0 radical (unpaired) electrons. The van der Waals surface area contributed by atoms with E-state index in [4.69, 9.17) is 9.47 Å². The number of fused-ring (bicyclic) bond motifs is 1. The fraction of sp³-hybridized carbons (Fsp3) is 0.667. The Labute approximate surface area is 127 Å². The second kappa shape index (κ2) is 6.27. The van der Waals surface area contributed by atoms with Crippen molar-refractivity contribution in [1.82, 2.24) is 0 Å². The monoisotopic (exact) mass is 290 g/mol. The molecular formula is C18H26O3. The van der Waals surface area contributed by atoms with E-state index in [1.807, 2.05) is 32.0 Å².